The topological polar surface area (TPSA) is 172 Å². The van der Waals surface area contributed by atoms with Crippen LogP contribution in [0, 0.1) is 0 Å². The summed E-state index contributed by atoms with van der Waals surface area (Å²) < 4.78 is 105. The van der Waals surface area contributed by atoms with E-state index in [0.717, 1.165) is 0 Å². The number of phosphoric ester groups is 1. The average Bonchev–Trinajstić information content (AvgIpc) is 2.90. The molecule has 0 bridgehead atoms. The van der Waals surface area contributed by atoms with Crippen molar-refractivity contribution in [2.24, 2.45) is 5.73 Å². The first-order valence-electron chi connectivity index (χ1n) is 14.5. The number of carbonyl (C=O) groups is 3. The summed E-state index contributed by atoms with van der Waals surface area (Å²) in [6, 6.07) is -1.61. The van der Waals surface area contributed by atoms with E-state index in [1.54, 1.807) is 0 Å². The number of esters is 2. The first kappa shape index (κ1) is 42.1. The van der Waals surface area contributed by atoms with Gasteiger partial charge in [-0.3, -0.25) is 23.4 Å². The summed E-state index contributed by atoms with van der Waals surface area (Å²) in [4.78, 5) is 44.9. The first-order valence-corrected chi connectivity index (χ1v) is 16.0. The number of aliphatic carboxylic acids is 1. The van der Waals surface area contributed by atoms with E-state index in [4.69, 9.17) is 24.8 Å². The lowest BCUT2D eigenvalue weighted by atomic mass is 10.1. The Morgan fingerprint density at radius 3 is 1.52 bits per heavy atom. The van der Waals surface area contributed by atoms with Crippen molar-refractivity contribution >= 4 is 25.7 Å². The average molecular weight is 676 g/mol. The molecule has 0 saturated heterocycles. The fourth-order valence-corrected chi connectivity index (χ4v) is 4.46. The molecule has 11 nitrogen and oxygen atoms in total. The Balaban J connectivity index is 4.59. The molecule has 0 heterocycles. The zero-order chi connectivity index (χ0) is 33.7. The van der Waals surface area contributed by atoms with Crippen molar-refractivity contribution in [1.29, 1.82) is 0 Å². The van der Waals surface area contributed by atoms with Crippen LogP contribution in [0.1, 0.15) is 103 Å². The zero-order valence-corrected chi connectivity index (χ0v) is 25.4. The molecule has 0 saturated carbocycles. The maximum absolute atomic E-state index is 12.3. The van der Waals surface area contributed by atoms with E-state index in [0.29, 0.717) is 64.2 Å². The quantitative estimate of drug-likeness (QED) is 0.0404. The molecule has 0 spiro atoms. The number of hydrogen-bond donors (Lipinski definition) is 3. The molecule has 3 unspecified atom stereocenters. The van der Waals surface area contributed by atoms with Crippen molar-refractivity contribution in [3.05, 3.63) is 0 Å². The lowest BCUT2D eigenvalue weighted by Crippen LogP contribution is -2.34. The maximum atomic E-state index is 12.3. The van der Waals surface area contributed by atoms with Crippen LogP contribution in [0.2, 0.25) is 0 Å². The van der Waals surface area contributed by atoms with Gasteiger partial charge in [0, 0.05) is 25.7 Å². The number of unbranched alkanes of at least 4 members (excludes halogenated alkanes) is 10. The molecule has 0 amide bonds. The number of nitrogens with two attached hydrogens (primary N) is 1. The van der Waals surface area contributed by atoms with E-state index >= 15 is 0 Å². The van der Waals surface area contributed by atoms with Gasteiger partial charge in [0.15, 0.2) is 6.10 Å². The van der Waals surface area contributed by atoms with Crippen LogP contribution in [-0.2, 0) is 37.5 Å². The fraction of sp³-hybridized carbons (Fsp3) is 0.885. The molecule has 44 heavy (non-hydrogen) atoms. The molecule has 18 heteroatoms. The standard InChI is InChI=1S/C26H44F6NO10P/c27-25(28,29)15-11-7-3-1-5-9-13-22(34)40-17-20(18-41-44(38,39)42-19-21(33)24(36)37)43-23(35)14-10-6-2-4-8-12-16-26(30,31)32/h20-21H,1-19,33H2,(H,36,37)(H,38,39). The summed E-state index contributed by atoms with van der Waals surface area (Å²) in [7, 11) is -4.83. The summed E-state index contributed by atoms with van der Waals surface area (Å²) in [6.07, 6.45) is -6.36. The Kier molecular flexibility index (Phi) is 21.6. The van der Waals surface area contributed by atoms with Gasteiger partial charge in [-0.25, -0.2) is 4.57 Å². The highest BCUT2D eigenvalue weighted by Gasteiger charge is 2.29. The van der Waals surface area contributed by atoms with Crippen LogP contribution in [0.4, 0.5) is 26.3 Å². The molecule has 4 N–H and O–H groups in total. The van der Waals surface area contributed by atoms with Gasteiger partial charge < -0.3 is 25.2 Å². The van der Waals surface area contributed by atoms with Crippen LogP contribution in [-0.4, -0.2) is 72.2 Å². The zero-order valence-electron chi connectivity index (χ0n) is 24.5. The third kappa shape index (κ3) is 27.6. The predicted molar refractivity (Wildman–Crippen MR) is 144 cm³/mol. The van der Waals surface area contributed by atoms with Crippen molar-refractivity contribution in [3.63, 3.8) is 0 Å². The Bertz CT molecular complexity index is 875. The summed E-state index contributed by atoms with van der Waals surface area (Å²) >= 11 is 0. The maximum Gasteiger partial charge on any atom is 0.472 e. The number of rotatable bonds is 26. The Morgan fingerprint density at radius 2 is 1.07 bits per heavy atom. The molecule has 0 fully saturated rings. The Labute approximate surface area is 252 Å². The van der Waals surface area contributed by atoms with E-state index in [-0.39, 0.29) is 25.7 Å². The molecule has 0 radical (unpaired) electrons. The van der Waals surface area contributed by atoms with Crippen molar-refractivity contribution in [3.8, 4) is 0 Å². The third-order valence-corrected chi connectivity index (χ3v) is 7.02. The van der Waals surface area contributed by atoms with Gasteiger partial charge in [0.2, 0.25) is 0 Å². The Morgan fingerprint density at radius 1 is 0.659 bits per heavy atom. The minimum atomic E-state index is -4.83. The lowest BCUT2D eigenvalue weighted by molar-refractivity contribution is -0.161. The second kappa shape index (κ2) is 22.5. The molecule has 0 aliphatic carbocycles. The SMILES string of the molecule is NC(COP(=O)(O)OCC(COC(=O)CCCCCCCCC(F)(F)F)OC(=O)CCCCCCCCC(F)(F)F)C(=O)O. The lowest BCUT2D eigenvalue weighted by Gasteiger charge is -2.20. The second-order valence-electron chi connectivity index (χ2n) is 10.3. The van der Waals surface area contributed by atoms with E-state index in [1.807, 2.05) is 0 Å². The normalized spacial score (nSPS) is 14.9. The third-order valence-electron chi connectivity index (χ3n) is 6.07. The molecule has 260 valence electrons. The summed E-state index contributed by atoms with van der Waals surface area (Å²) in [5.74, 6) is -2.92. The van der Waals surface area contributed by atoms with Gasteiger partial charge in [-0.15, -0.1) is 0 Å². The first-order chi connectivity index (χ1) is 20.4. The molecule has 0 rings (SSSR count). The fourth-order valence-electron chi connectivity index (χ4n) is 3.68. The van der Waals surface area contributed by atoms with Gasteiger partial charge >= 0.3 is 38.1 Å². The van der Waals surface area contributed by atoms with E-state index in [1.165, 1.54) is 0 Å². The minimum Gasteiger partial charge on any atom is -0.480 e. The predicted octanol–water partition coefficient (Wildman–Crippen LogP) is 6.35. The highest BCUT2D eigenvalue weighted by molar-refractivity contribution is 7.47. The summed E-state index contributed by atoms with van der Waals surface area (Å²) in [6.45, 7) is -2.16. The van der Waals surface area contributed by atoms with Crippen LogP contribution in [0.3, 0.4) is 0 Å². The van der Waals surface area contributed by atoms with E-state index in [2.05, 4.69) is 4.52 Å². The van der Waals surface area contributed by atoms with Gasteiger partial charge in [-0.2, -0.15) is 26.3 Å². The van der Waals surface area contributed by atoms with Crippen molar-refractivity contribution in [1.82, 2.24) is 0 Å². The van der Waals surface area contributed by atoms with Crippen LogP contribution >= 0.6 is 7.82 Å². The molecule has 0 aromatic heterocycles. The number of ether oxygens (including phenoxy) is 2. The minimum absolute atomic E-state index is 0.0258. The molecule has 0 aliphatic heterocycles. The molecule has 0 aliphatic rings. The van der Waals surface area contributed by atoms with Crippen LogP contribution in [0.5, 0.6) is 0 Å². The van der Waals surface area contributed by atoms with Crippen LogP contribution in [0.15, 0.2) is 0 Å². The Hall–Kier alpha value is -1.94. The number of carbonyl (C=O) groups excluding carboxylic acids is 2. The molecular formula is C26H44F6NO10P. The number of halogens is 6. The van der Waals surface area contributed by atoms with Gasteiger partial charge in [0.1, 0.15) is 12.6 Å². The van der Waals surface area contributed by atoms with E-state index < -0.39 is 82.9 Å². The van der Waals surface area contributed by atoms with Crippen molar-refractivity contribution < 1.29 is 73.8 Å². The molecular weight excluding hydrogens is 631 g/mol. The molecule has 0 aromatic rings. The van der Waals surface area contributed by atoms with Crippen LogP contribution < -0.4 is 5.73 Å². The van der Waals surface area contributed by atoms with Gasteiger partial charge in [-0.1, -0.05) is 51.4 Å². The number of hydrogen-bond acceptors (Lipinski definition) is 9. The van der Waals surface area contributed by atoms with Gasteiger partial charge in [0.05, 0.1) is 13.2 Å². The molecule has 3 atom stereocenters. The number of phosphoric acid groups is 1. The highest BCUT2D eigenvalue weighted by Crippen LogP contribution is 2.43. The van der Waals surface area contributed by atoms with Crippen molar-refractivity contribution in [2.75, 3.05) is 19.8 Å². The number of carboxylic acids is 1. The highest BCUT2D eigenvalue weighted by atomic mass is 31.2. The smallest absolute Gasteiger partial charge is 0.472 e. The van der Waals surface area contributed by atoms with Crippen molar-refractivity contribution in [2.45, 2.75) is 127 Å². The largest absolute Gasteiger partial charge is 0.480 e. The summed E-state index contributed by atoms with van der Waals surface area (Å²) in [5.41, 5.74) is 5.21. The number of carboxylic acid groups (broad SMARTS) is 1. The monoisotopic (exact) mass is 675 g/mol. The molecule has 0 aromatic carbocycles. The van der Waals surface area contributed by atoms with E-state index in [9.17, 15) is 50.2 Å². The van der Waals surface area contributed by atoms with Gasteiger partial charge in [-0.05, 0) is 25.7 Å². The van der Waals surface area contributed by atoms with Gasteiger partial charge in [0.25, 0.3) is 0 Å². The number of alkyl halides is 6. The summed E-state index contributed by atoms with van der Waals surface area (Å²) in [5, 5.41) is 8.74. The second-order valence-corrected chi connectivity index (χ2v) is 11.7. The van der Waals surface area contributed by atoms with Crippen LogP contribution in [0.25, 0.3) is 0 Å².